The average molecular weight is 512 g/mol. The van der Waals surface area contributed by atoms with Gasteiger partial charge in [0.25, 0.3) is 5.91 Å². The number of rotatable bonds is 8. The number of hydrogen-bond acceptors (Lipinski definition) is 4. The largest absolute Gasteiger partial charge is 0.490 e. The minimum Gasteiger partial charge on any atom is -0.490 e. The van der Waals surface area contributed by atoms with E-state index in [2.05, 4.69) is 21.2 Å². The van der Waals surface area contributed by atoms with Crippen molar-refractivity contribution in [1.29, 1.82) is 5.26 Å². The van der Waals surface area contributed by atoms with Crippen LogP contribution in [0.15, 0.2) is 76.8 Å². The van der Waals surface area contributed by atoms with Gasteiger partial charge in [0.1, 0.15) is 18.2 Å². The molecule has 0 aromatic heterocycles. The Labute approximate surface area is 200 Å². The Hall–Kier alpha value is -3.27. The van der Waals surface area contributed by atoms with Crippen LogP contribution in [-0.4, -0.2) is 12.5 Å². The first-order valence-electron chi connectivity index (χ1n) is 9.82. The molecule has 0 saturated carbocycles. The van der Waals surface area contributed by atoms with Crippen LogP contribution in [0.5, 0.6) is 11.5 Å². The topological polar surface area (TPSA) is 71.3 Å². The number of benzene rings is 3. The molecule has 3 rings (SSSR count). The lowest BCUT2D eigenvalue weighted by Gasteiger charge is -2.15. The van der Waals surface area contributed by atoms with E-state index in [0.29, 0.717) is 45.5 Å². The van der Waals surface area contributed by atoms with Gasteiger partial charge in [-0.3, -0.25) is 4.79 Å². The van der Waals surface area contributed by atoms with Crippen LogP contribution in [0.25, 0.3) is 6.08 Å². The predicted octanol–water partition coefficient (Wildman–Crippen LogP) is 6.63. The summed E-state index contributed by atoms with van der Waals surface area (Å²) in [4.78, 5) is 12.6. The maximum atomic E-state index is 12.6. The number of anilines is 1. The molecule has 162 valence electrons. The van der Waals surface area contributed by atoms with Gasteiger partial charge in [-0.15, -0.1) is 0 Å². The number of carbonyl (C=O) groups excluding carboxylic acids is 1. The number of amides is 1. The van der Waals surface area contributed by atoms with Crippen LogP contribution < -0.4 is 14.8 Å². The van der Waals surface area contributed by atoms with E-state index in [1.165, 1.54) is 6.08 Å². The quantitative estimate of drug-likeness (QED) is 0.272. The lowest BCUT2D eigenvalue weighted by molar-refractivity contribution is -0.112. The summed E-state index contributed by atoms with van der Waals surface area (Å²) in [5.41, 5.74) is 2.09. The van der Waals surface area contributed by atoms with Crippen molar-refractivity contribution in [3.8, 4) is 17.6 Å². The SMILES string of the molecule is CCOc1cc(/C=C(\C#N)C(=O)Nc2cccc(Cl)c2)cc(Br)c1OCc1ccccc1. The summed E-state index contributed by atoms with van der Waals surface area (Å²) in [5, 5.41) is 12.7. The summed E-state index contributed by atoms with van der Waals surface area (Å²) in [7, 11) is 0. The summed E-state index contributed by atoms with van der Waals surface area (Å²) in [6, 6.07) is 22.0. The summed E-state index contributed by atoms with van der Waals surface area (Å²) in [6.07, 6.45) is 1.49. The molecular formula is C25H20BrClN2O3. The molecule has 3 aromatic carbocycles. The molecule has 0 radical (unpaired) electrons. The number of hydrogen-bond donors (Lipinski definition) is 1. The van der Waals surface area contributed by atoms with Gasteiger partial charge in [0.05, 0.1) is 11.1 Å². The summed E-state index contributed by atoms with van der Waals surface area (Å²) in [5.74, 6) is 0.527. The van der Waals surface area contributed by atoms with Crippen molar-refractivity contribution in [2.45, 2.75) is 13.5 Å². The summed E-state index contributed by atoms with van der Waals surface area (Å²) >= 11 is 9.47. The maximum absolute atomic E-state index is 12.6. The fourth-order valence-electron chi connectivity index (χ4n) is 2.88. The van der Waals surface area contributed by atoms with Crippen LogP contribution >= 0.6 is 27.5 Å². The lowest BCUT2D eigenvalue weighted by atomic mass is 10.1. The number of halogens is 2. The molecule has 1 amide bonds. The van der Waals surface area contributed by atoms with Crippen molar-refractivity contribution >= 4 is 45.2 Å². The van der Waals surface area contributed by atoms with E-state index in [-0.39, 0.29) is 5.57 Å². The number of ether oxygens (including phenoxy) is 2. The summed E-state index contributed by atoms with van der Waals surface area (Å²) < 4.78 is 12.4. The predicted molar refractivity (Wildman–Crippen MR) is 130 cm³/mol. The summed E-state index contributed by atoms with van der Waals surface area (Å²) in [6.45, 7) is 2.68. The Balaban J connectivity index is 1.84. The lowest BCUT2D eigenvalue weighted by Crippen LogP contribution is -2.13. The molecule has 5 nitrogen and oxygen atoms in total. The van der Waals surface area contributed by atoms with E-state index >= 15 is 0 Å². The molecule has 7 heteroatoms. The molecule has 0 atom stereocenters. The van der Waals surface area contributed by atoms with Crippen molar-refractivity contribution in [2.24, 2.45) is 0 Å². The molecule has 0 aliphatic rings. The fourth-order valence-corrected chi connectivity index (χ4v) is 3.65. The third kappa shape index (κ3) is 6.36. The number of nitriles is 1. The number of nitrogens with one attached hydrogen (secondary N) is 1. The second-order valence-electron chi connectivity index (χ2n) is 6.67. The van der Waals surface area contributed by atoms with Crippen LogP contribution in [0.3, 0.4) is 0 Å². The molecule has 0 aliphatic heterocycles. The van der Waals surface area contributed by atoms with Crippen molar-refractivity contribution in [2.75, 3.05) is 11.9 Å². The van der Waals surface area contributed by atoms with Gasteiger partial charge in [-0.2, -0.15) is 5.26 Å². The Kier molecular flexibility index (Phi) is 8.32. The third-order valence-corrected chi connectivity index (χ3v) is 5.14. The first kappa shape index (κ1) is 23.4. The molecular weight excluding hydrogens is 492 g/mol. The van der Waals surface area contributed by atoms with E-state index in [1.54, 1.807) is 36.4 Å². The van der Waals surface area contributed by atoms with Gasteiger partial charge in [0.15, 0.2) is 11.5 Å². The molecule has 0 fully saturated rings. The third-order valence-electron chi connectivity index (χ3n) is 4.32. The normalized spacial score (nSPS) is 10.9. The van der Waals surface area contributed by atoms with Gasteiger partial charge < -0.3 is 14.8 Å². The fraction of sp³-hybridized carbons (Fsp3) is 0.120. The highest BCUT2D eigenvalue weighted by molar-refractivity contribution is 9.10. The minimum atomic E-state index is -0.534. The van der Waals surface area contributed by atoms with E-state index in [9.17, 15) is 10.1 Å². The van der Waals surface area contributed by atoms with Gasteiger partial charge in [0, 0.05) is 10.7 Å². The van der Waals surface area contributed by atoms with Crippen LogP contribution in [0.4, 0.5) is 5.69 Å². The van der Waals surface area contributed by atoms with E-state index in [1.807, 2.05) is 43.3 Å². The molecule has 0 aliphatic carbocycles. The number of nitrogens with zero attached hydrogens (tertiary/aromatic N) is 1. The molecule has 0 saturated heterocycles. The van der Waals surface area contributed by atoms with Gasteiger partial charge in [-0.25, -0.2) is 0 Å². The zero-order chi connectivity index (χ0) is 22.9. The van der Waals surface area contributed by atoms with Crippen LogP contribution in [0.2, 0.25) is 5.02 Å². The molecule has 3 aromatic rings. The van der Waals surface area contributed by atoms with Gasteiger partial charge in [-0.1, -0.05) is 48.0 Å². The van der Waals surface area contributed by atoms with Crippen molar-refractivity contribution in [3.63, 3.8) is 0 Å². The second kappa shape index (κ2) is 11.4. The van der Waals surface area contributed by atoms with E-state index < -0.39 is 5.91 Å². The minimum absolute atomic E-state index is 0.0581. The Bertz CT molecular complexity index is 1170. The smallest absolute Gasteiger partial charge is 0.266 e. The first-order chi connectivity index (χ1) is 15.5. The monoisotopic (exact) mass is 510 g/mol. The van der Waals surface area contributed by atoms with E-state index in [0.717, 1.165) is 5.56 Å². The Morgan fingerprint density at radius 3 is 2.59 bits per heavy atom. The molecule has 1 N–H and O–H groups in total. The van der Waals surface area contributed by atoms with Crippen LogP contribution in [0, 0.1) is 11.3 Å². The zero-order valence-corrected chi connectivity index (χ0v) is 19.6. The van der Waals surface area contributed by atoms with Crippen molar-refractivity contribution < 1.29 is 14.3 Å². The Morgan fingerprint density at radius 2 is 1.91 bits per heavy atom. The standard InChI is InChI=1S/C25H20BrClN2O3/c1-2-31-23-13-18(12-22(26)24(23)32-16-17-7-4-3-5-8-17)11-19(15-28)25(30)29-21-10-6-9-20(27)14-21/h3-14H,2,16H2,1H3,(H,29,30)/b19-11+. The molecule has 0 bridgehead atoms. The zero-order valence-electron chi connectivity index (χ0n) is 17.3. The highest BCUT2D eigenvalue weighted by Crippen LogP contribution is 2.38. The first-order valence-corrected chi connectivity index (χ1v) is 11.0. The highest BCUT2D eigenvalue weighted by atomic mass is 79.9. The van der Waals surface area contributed by atoms with Gasteiger partial charge in [0.2, 0.25) is 0 Å². The Morgan fingerprint density at radius 1 is 1.12 bits per heavy atom. The number of carbonyl (C=O) groups is 1. The van der Waals surface area contributed by atoms with E-state index in [4.69, 9.17) is 21.1 Å². The average Bonchev–Trinajstić information content (AvgIpc) is 2.77. The van der Waals surface area contributed by atoms with Crippen LogP contribution in [-0.2, 0) is 11.4 Å². The van der Waals surface area contributed by atoms with Crippen molar-refractivity contribution in [3.05, 3.63) is 92.9 Å². The van der Waals surface area contributed by atoms with Crippen LogP contribution in [0.1, 0.15) is 18.1 Å². The van der Waals surface area contributed by atoms with Gasteiger partial charge >= 0.3 is 0 Å². The molecule has 0 unspecified atom stereocenters. The molecule has 32 heavy (non-hydrogen) atoms. The van der Waals surface area contributed by atoms with Gasteiger partial charge in [-0.05, 0) is 70.4 Å². The highest BCUT2D eigenvalue weighted by Gasteiger charge is 2.15. The molecule has 0 heterocycles. The second-order valence-corrected chi connectivity index (χ2v) is 7.96. The molecule has 0 spiro atoms. The van der Waals surface area contributed by atoms with Crippen molar-refractivity contribution in [1.82, 2.24) is 0 Å². The maximum Gasteiger partial charge on any atom is 0.266 e.